The van der Waals surface area contributed by atoms with Gasteiger partial charge in [-0.05, 0) is 55.7 Å². The van der Waals surface area contributed by atoms with E-state index in [-0.39, 0.29) is 17.4 Å². The summed E-state index contributed by atoms with van der Waals surface area (Å²) in [5, 5.41) is -0.0256. The summed E-state index contributed by atoms with van der Waals surface area (Å²) in [4.78, 5) is 12.2. The van der Waals surface area contributed by atoms with Crippen molar-refractivity contribution in [1.82, 2.24) is 0 Å². The molecule has 0 aliphatic rings. The quantitative estimate of drug-likeness (QED) is 0.768. The molecule has 0 aromatic heterocycles. The summed E-state index contributed by atoms with van der Waals surface area (Å²) in [5.41, 5.74) is 3.78. The van der Waals surface area contributed by atoms with E-state index in [9.17, 15) is 9.18 Å². The molecule has 0 aliphatic carbocycles. The van der Waals surface area contributed by atoms with Crippen molar-refractivity contribution < 1.29 is 13.9 Å². The summed E-state index contributed by atoms with van der Waals surface area (Å²) in [6, 6.07) is 7.87. The van der Waals surface area contributed by atoms with E-state index >= 15 is 0 Å². The lowest BCUT2D eigenvalue weighted by molar-refractivity contribution is 0.0921. The Hall–Kier alpha value is -1.87. The number of rotatable bonds is 4. The van der Waals surface area contributed by atoms with Gasteiger partial charge in [0.05, 0.1) is 5.02 Å². The first-order chi connectivity index (χ1) is 9.88. The summed E-state index contributed by atoms with van der Waals surface area (Å²) >= 11 is 5.67. The SMILES string of the molecule is Cc1cc(C)c(C(=O)COc2ccc(F)c(Cl)c2)cc1C. The average molecular weight is 307 g/mol. The normalized spacial score (nSPS) is 10.5. The molecule has 0 saturated carbocycles. The fraction of sp³-hybridized carbons (Fsp3) is 0.235. The molecule has 0 radical (unpaired) electrons. The number of benzene rings is 2. The van der Waals surface area contributed by atoms with Crippen LogP contribution < -0.4 is 4.74 Å². The Bertz CT molecular complexity index is 695. The molecule has 0 atom stereocenters. The van der Waals surface area contributed by atoms with Crippen molar-refractivity contribution in [2.24, 2.45) is 0 Å². The number of hydrogen-bond acceptors (Lipinski definition) is 2. The second-order valence-corrected chi connectivity index (χ2v) is 5.45. The molecular weight excluding hydrogens is 291 g/mol. The van der Waals surface area contributed by atoms with Gasteiger partial charge < -0.3 is 4.74 Å². The number of aryl methyl sites for hydroxylation is 3. The van der Waals surface area contributed by atoms with Gasteiger partial charge in [0.1, 0.15) is 11.6 Å². The minimum Gasteiger partial charge on any atom is -0.485 e. The summed E-state index contributed by atoms with van der Waals surface area (Å²) in [6.07, 6.45) is 0. The van der Waals surface area contributed by atoms with Crippen LogP contribution in [0.1, 0.15) is 27.0 Å². The van der Waals surface area contributed by atoms with Crippen molar-refractivity contribution in [3.63, 3.8) is 0 Å². The molecule has 2 rings (SSSR count). The van der Waals surface area contributed by atoms with Crippen molar-refractivity contribution in [3.8, 4) is 5.75 Å². The molecule has 0 spiro atoms. The minimum absolute atomic E-state index is 0.0256. The van der Waals surface area contributed by atoms with Gasteiger partial charge in [-0.2, -0.15) is 0 Å². The fourth-order valence-corrected chi connectivity index (χ4v) is 2.22. The maximum absolute atomic E-state index is 13.0. The summed E-state index contributed by atoms with van der Waals surface area (Å²) in [5.74, 6) is -0.257. The van der Waals surface area contributed by atoms with Crippen molar-refractivity contribution in [2.45, 2.75) is 20.8 Å². The topological polar surface area (TPSA) is 26.3 Å². The van der Waals surface area contributed by atoms with Crippen LogP contribution >= 0.6 is 11.6 Å². The minimum atomic E-state index is -0.514. The second-order valence-electron chi connectivity index (χ2n) is 5.04. The number of carbonyl (C=O) groups excluding carboxylic acids is 1. The maximum Gasteiger partial charge on any atom is 0.200 e. The Balaban J connectivity index is 2.11. The number of hydrogen-bond donors (Lipinski definition) is 0. The third-order valence-electron chi connectivity index (χ3n) is 3.40. The monoisotopic (exact) mass is 306 g/mol. The standard InChI is InChI=1S/C17H16ClFO2/c1-10-6-12(3)14(7-11(10)2)17(20)9-21-13-4-5-16(19)15(18)8-13/h4-8H,9H2,1-3H3. The summed E-state index contributed by atoms with van der Waals surface area (Å²) in [6.45, 7) is 5.76. The lowest BCUT2D eigenvalue weighted by Gasteiger charge is -2.10. The molecule has 0 unspecified atom stereocenters. The van der Waals surface area contributed by atoms with Crippen molar-refractivity contribution in [3.05, 3.63) is 63.4 Å². The van der Waals surface area contributed by atoms with Gasteiger partial charge in [-0.25, -0.2) is 4.39 Å². The van der Waals surface area contributed by atoms with E-state index in [1.165, 1.54) is 18.2 Å². The molecule has 0 amide bonds. The zero-order valence-electron chi connectivity index (χ0n) is 12.2. The molecule has 0 heterocycles. The van der Waals surface area contributed by atoms with Gasteiger partial charge in [-0.3, -0.25) is 4.79 Å². The fourth-order valence-electron chi connectivity index (χ4n) is 2.05. The van der Waals surface area contributed by atoms with Crippen LogP contribution in [-0.4, -0.2) is 12.4 Å². The highest BCUT2D eigenvalue weighted by Crippen LogP contribution is 2.22. The van der Waals surface area contributed by atoms with E-state index in [1.54, 1.807) is 0 Å². The molecule has 2 aromatic rings. The van der Waals surface area contributed by atoms with E-state index < -0.39 is 5.82 Å². The molecule has 2 aromatic carbocycles. The molecule has 0 saturated heterocycles. The van der Waals surface area contributed by atoms with Gasteiger partial charge in [0.15, 0.2) is 12.4 Å². The van der Waals surface area contributed by atoms with E-state index in [2.05, 4.69) is 0 Å². The maximum atomic E-state index is 13.0. The van der Waals surface area contributed by atoms with E-state index in [0.717, 1.165) is 16.7 Å². The molecule has 0 aliphatic heterocycles. The van der Waals surface area contributed by atoms with Crippen LogP contribution in [-0.2, 0) is 0 Å². The van der Waals surface area contributed by atoms with E-state index in [1.807, 2.05) is 32.9 Å². The Labute approximate surface area is 128 Å². The predicted octanol–water partition coefficient (Wildman–Crippen LogP) is 4.67. The predicted molar refractivity (Wildman–Crippen MR) is 81.9 cm³/mol. The second kappa shape index (κ2) is 6.27. The first-order valence-corrected chi connectivity index (χ1v) is 6.95. The highest BCUT2D eigenvalue weighted by Gasteiger charge is 2.12. The molecule has 0 fully saturated rings. The van der Waals surface area contributed by atoms with Gasteiger partial charge in [-0.15, -0.1) is 0 Å². The molecule has 0 bridgehead atoms. The van der Waals surface area contributed by atoms with Gasteiger partial charge >= 0.3 is 0 Å². The highest BCUT2D eigenvalue weighted by molar-refractivity contribution is 6.30. The molecule has 2 nitrogen and oxygen atoms in total. The molecule has 110 valence electrons. The number of ketones is 1. The van der Waals surface area contributed by atoms with E-state index in [0.29, 0.717) is 11.3 Å². The van der Waals surface area contributed by atoms with Gasteiger partial charge in [0, 0.05) is 11.6 Å². The highest BCUT2D eigenvalue weighted by atomic mass is 35.5. The molecule has 0 N–H and O–H groups in total. The van der Waals surface area contributed by atoms with Crippen molar-refractivity contribution in [1.29, 1.82) is 0 Å². The van der Waals surface area contributed by atoms with Crippen LogP contribution in [0.2, 0.25) is 5.02 Å². The van der Waals surface area contributed by atoms with Crippen molar-refractivity contribution >= 4 is 17.4 Å². The van der Waals surface area contributed by atoms with Gasteiger partial charge in [0.2, 0.25) is 0 Å². The number of ether oxygens (including phenoxy) is 1. The third-order valence-corrected chi connectivity index (χ3v) is 3.69. The lowest BCUT2D eigenvalue weighted by atomic mass is 9.98. The van der Waals surface area contributed by atoms with Crippen LogP contribution in [0.5, 0.6) is 5.75 Å². The van der Waals surface area contributed by atoms with E-state index in [4.69, 9.17) is 16.3 Å². The van der Waals surface area contributed by atoms with Crippen LogP contribution in [0.15, 0.2) is 30.3 Å². The Morgan fingerprint density at radius 2 is 1.76 bits per heavy atom. The Morgan fingerprint density at radius 3 is 2.43 bits per heavy atom. The van der Waals surface area contributed by atoms with Gasteiger partial charge in [0.25, 0.3) is 0 Å². The summed E-state index contributed by atoms with van der Waals surface area (Å²) < 4.78 is 18.4. The van der Waals surface area contributed by atoms with Crippen LogP contribution in [0.4, 0.5) is 4.39 Å². The average Bonchev–Trinajstić information content (AvgIpc) is 2.44. The smallest absolute Gasteiger partial charge is 0.200 e. The third kappa shape index (κ3) is 3.61. The van der Waals surface area contributed by atoms with Crippen LogP contribution in [0.3, 0.4) is 0 Å². The zero-order valence-corrected chi connectivity index (χ0v) is 12.9. The van der Waals surface area contributed by atoms with Crippen LogP contribution in [0.25, 0.3) is 0 Å². The van der Waals surface area contributed by atoms with Crippen molar-refractivity contribution in [2.75, 3.05) is 6.61 Å². The molecule has 21 heavy (non-hydrogen) atoms. The number of Topliss-reactive ketones (excluding diaryl/α,β-unsaturated/α-hetero) is 1. The Morgan fingerprint density at radius 1 is 1.10 bits per heavy atom. The number of halogens is 2. The Kier molecular flexibility index (Phi) is 4.63. The molecule has 4 heteroatoms. The molecular formula is C17H16ClFO2. The van der Waals surface area contributed by atoms with Crippen LogP contribution in [0, 0.1) is 26.6 Å². The lowest BCUT2D eigenvalue weighted by Crippen LogP contribution is -2.13. The largest absolute Gasteiger partial charge is 0.485 e. The summed E-state index contributed by atoms with van der Waals surface area (Å²) in [7, 11) is 0. The number of carbonyl (C=O) groups is 1. The zero-order chi connectivity index (χ0) is 15.6. The van der Waals surface area contributed by atoms with Gasteiger partial charge in [-0.1, -0.05) is 17.7 Å². The first kappa shape index (κ1) is 15.5. The first-order valence-electron chi connectivity index (χ1n) is 6.57.